The first kappa shape index (κ1) is 14.8. The zero-order valence-electron chi connectivity index (χ0n) is 11.0. The zero-order valence-corrected chi connectivity index (χ0v) is 11.8. The molecule has 1 amide bonds. The number of nitrogens with one attached hydrogen (secondary N) is 2. The van der Waals surface area contributed by atoms with E-state index in [4.69, 9.17) is 5.11 Å². The highest BCUT2D eigenvalue weighted by atomic mass is 32.2. The summed E-state index contributed by atoms with van der Waals surface area (Å²) in [5.41, 5.74) is 1.06. The average molecular weight is 295 g/mol. The predicted molar refractivity (Wildman–Crippen MR) is 77.9 cm³/mol. The molecule has 1 unspecified atom stereocenters. The molecule has 1 aromatic rings. The molecule has 0 spiro atoms. The molecule has 108 valence electrons. The highest BCUT2D eigenvalue weighted by molar-refractivity contribution is 7.99. The van der Waals surface area contributed by atoms with Gasteiger partial charge < -0.3 is 15.7 Å². The number of hydrogen-bond donors (Lipinski definition) is 3. The van der Waals surface area contributed by atoms with Crippen LogP contribution in [0.4, 0.5) is 5.69 Å². The van der Waals surface area contributed by atoms with Crippen LogP contribution in [-0.4, -0.2) is 46.1 Å². The molecule has 3 N–H and O–H groups in total. The van der Waals surface area contributed by atoms with E-state index in [9.17, 15) is 9.59 Å². The van der Waals surface area contributed by atoms with Crippen LogP contribution in [0.1, 0.15) is 12.1 Å². The summed E-state index contributed by atoms with van der Waals surface area (Å²) in [5, 5.41) is 14.7. The Bertz CT molecular complexity index is 472. The summed E-state index contributed by atoms with van der Waals surface area (Å²) in [7, 11) is 0. The van der Waals surface area contributed by atoms with Gasteiger partial charge in [0.15, 0.2) is 0 Å². The number of carboxylic acids is 1. The monoisotopic (exact) mass is 295 g/mol. The maximum Gasteiger partial charge on any atom is 0.309 e. The maximum absolute atomic E-state index is 11.9. The second-order valence-corrected chi connectivity index (χ2v) is 5.74. The SMILES string of the molecule is O=C(O)Cc1ccc(NC(=O)CC2CSCCN2)cn1. The van der Waals surface area contributed by atoms with Crippen molar-refractivity contribution in [1.29, 1.82) is 0 Å². The third kappa shape index (κ3) is 4.82. The van der Waals surface area contributed by atoms with Gasteiger partial charge >= 0.3 is 5.97 Å². The van der Waals surface area contributed by atoms with Gasteiger partial charge in [-0.1, -0.05) is 0 Å². The van der Waals surface area contributed by atoms with E-state index < -0.39 is 5.97 Å². The van der Waals surface area contributed by atoms with Crippen molar-refractivity contribution in [3.63, 3.8) is 0 Å². The van der Waals surface area contributed by atoms with E-state index in [1.54, 1.807) is 12.1 Å². The molecular weight excluding hydrogens is 278 g/mol. The van der Waals surface area contributed by atoms with Crippen LogP contribution in [0.15, 0.2) is 18.3 Å². The molecule has 1 saturated heterocycles. The minimum Gasteiger partial charge on any atom is -0.481 e. The maximum atomic E-state index is 11.9. The van der Waals surface area contributed by atoms with Crippen LogP contribution in [0.2, 0.25) is 0 Å². The highest BCUT2D eigenvalue weighted by Gasteiger charge is 2.16. The summed E-state index contributed by atoms with van der Waals surface area (Å²) in [6.45, 7) is 0.939. The number of aromatic nitrogens is 1. The fourth-order valence-corrected chi connectivity index (χ4v) is 2.89. The minimum atomic E-state index is -0.921. The van der Waals surface area contributed by atoms with Gasteiger partial charge in [-0.05, 0) is 12.1 Å². The Hall–Kier alpha value is -1.60. The molecule has 1 fully saturated rings. The summed E-state index contributed by atoms with van der Waals surface area (Å²) in [6.07, 6.45) is 1.81. The standard InChI is InChI=1S/C13H17N3O3S/c17-12(5-11-8-20-4-3-14-11)16-10-2-1-9(15-7-10)6-13(18)19/h1-2,7,11,14H,3-6,8H2,(H,16,17)(H,18,19). The van der Waals surface area contributed by atoms with Gasteiger partial charge in [0.05, 0.1) is 24.0 Å². The quantitative estimate of drug-likeness (QED) is 0.742. The first-order chi connectivity index (χ1) is 9.63. The molecular formula is C13H17N3O3S. The van der Waals surface area contributed by atoms with Crippen molar-refractivity contribution >= 4 is 29.3 Å². The normalized spacial score (nSPS) is 18.5. The largest absolute Gasteiger partial charge is 0.481 e. The fraction of sp³-hybridized carbons (Fsp3) is 0.462. The van der Waals surface area contributed by atoms with Gasteiger partial charge in [0.2, 0.25) is 5.91 Å². The van der Waals surface area contributed by atoms with E-state index in [0.29, 0.717) is 17.8 Å². The lowest BCUT2D eigenvalue weighted by molar-refractivity contribution is -0.136. The van der Waals surface area contributed by atoms with Crippen LogP contribution in [0, 0.1) is 0 Å². The van der Waals surface area contributed by atoms with Crippen molar-refractivity contribution in [3.8, 4) is 0 Å². The molecule has 6 nitrogen and oxygen atoms in total. The van der Waals surface area contributed by atoms with E-state index in [1.165, 1.54) is 6.20 Å². The van der Waals surface area contributed by atoms with Gasteiger partial charge in [-0.15, -0.1) is 0 Å². The first-order valence-electron chi connectivity index (χ1n) is 6.41. The van der Waals surface area contributed by atoms with Crippen molar-refractivity contribution in [3.05, 3.63) is 24.0 Å². The number of hydrogen-bond acceptors (Lipinski definition) is 5. The van der Waals surface area contributed by atoms with Gasteiger partial charge in [-0.3, -0.25) is 14.6 Å². The molecule has 0 bridgehead atoms. The van der Waals surface area contributed by atoms with Crippen molar-refractivity contribution in [2.24, 2.45) is 0 Å². The second-order valence-electron chi connectivity index (χ2n) is 4.59. The molecule has 1 atom stereocenters. The zero-order chi connectivity index (χ0) is 14.4. The third-order valence-corrected chi connectivity index (χ3v) is 4.00. The van der Waals surface area contributed by atoms with Crippen molar-refractivity contribution in [2.45, 2.75) is 18.9 Å². The minimum absolute atomic E-state index is 0.0576. The second kappa shape index (κ2) is 7.25. The molecule has 1 aromatic heterocycles. The number of thioether (sulfide) groups is 1. The summed E-state index contributed by atoms with van der Waals surface area (Å²) >= 11 is 1.85. The highest BCUT2D eigenvalue weighted by Crippen LogP contribution is 2.12. The Morgan fingerprint density at radius 3 is 2.95 bits per heavy atom. The number of rotatable bonds is 5. The van der Waals surface area contributed by atoms with Gasteiger partial charge in [0.1, 0.15) is 0 Å². The fourth-order valence-electron chi connectivity index (χ4n) is 1.94. The van der Waals surface area contributed by atoms with Crippen LogP contribution in [-0.2, 0) is 16.0 Å². The topological polar surface area (TPSA) is 91.3 Å². The Kier molecular flexibility index (Phi) is 5.37. The molecule has 0 aliphatic carbocycles. The lowest BCUT2D eigenvalue weighted by Crippen LogP contribution is -2.39. The third-order valence-electron chi connectivity index (χ3n) is 2.87. The lowest BCUT2D eigenvalue weighted by Gasteiger charge is -2.22. The molecule has 2 rings (SSSR count). The molecule has 0 saturated carbocycles. The molecule has 7 heteroatoms. The Morgan fingerprint density at radius 2 is 2.35 bits per heavy atom. The number of aliphatic carboxylic acids is 1. The van der Waals surface area contributed by atoms with E-state index in [1.807, 2.05) is 11.8 Å². The Labute approximate surface area is 121 Å². The van der Waals surface area contributed by atoms with Crippen LogP contribution in [0.25, 0.3) is 0 Å². The summed E-state index contributed by atoms with van der Waals surface area (Å²) in [6, 6.07) is 3.50. The first-order valence-corrected chi connectivity index (χ1v) is 7.56. The lowest BCUT2D eigenvalue weighted by atomic mass is 10.2. The predicted octanol–water partition coefficient (Wildman–Crippen LogP) is 0.742. The van der Waals surface area contributed by atoms with Gasteiger partial charge in [0.25, 0.3) is 0 Å². The number of nitrogens with zero attached hydrogens (tertiary/aromatic N) is 1. The van der Waals surface area contributed by atoms with Crippen LogP contribution in [0.5, 0.6) is 0 Å². The Morgan fingerprint density at radius 1 is 1.50 bits per heavy atom. The molecule has 2 heterocycles. The van der Waals surface area contributed by atoms with Crippen LogP contribution in [0.3, 0.4) is 0 Å². The van der Waals surface area contributed by atoms with E-state index >= 15 is 0 Å². The van der Waals surface area contributed by atoms with Gasteiger partial charge in [0, 0.05) is 30.5 Å². The van der Waals surface area contributed by atoms with Crippen molar-refractivity contribution in [2.75, 3.05) is 23.4 Å². The van der Waals surface area contributed by atoms with Crippen molar-refractivity contribution < 1.29 is 14.7 Å². The molecule has 0 aromatic carbocycles. The molecule has 20 heavy (non-hydrogen) atoms. The van der Waals surface area contributed by atoms with Crippen LogP contribution >= 0.6 is 11.8 Å². The summed E-state index contributed by atoms with van der Waals surface area (Å²) < 4.78 is 0. The summed E-state index contributed by atoms with van der Waals surface area (Å²) in [5.74, 6) is 1.06. The van der Waals surface area contributed by atoms with E-state index in [-0.39, 0.29) is 18.4 Å². The van der Waals surface area contributed by atoms with Crippen LogP contribution < -0.4 is 10.6 Å². The number of carbonyl (C=O) groups excluding carboxylic acids is 1. The number of carbonyl (C=O) groups is 2. The Balaban J connectivity index is 1.82. The van der Waals surface area contributed by atoms with Gasteiger partial charge in [-0.25, -0.2) is 0 Å². The van der Waals surface area contributed by atoms with E-state index in [0.717, 1.165) is 18.1 Å². The number of pyridine rings is 1. The van der Waals surface area contributed by atoms with Crippen molar-refractivity contribution in [1.82, 2.24) is 10.3 Å². The van der Waals surface area contributed by atoms with E-state index in [2.05, 4.69) is 15.6 Å². The number of amides is 1. The molecule has 1 aliphatic heterocycles. The number of anilines is 1. The smallest absolute Gasteiger partial charge is 0.309 e. The number of carboxylic acid groups (broad SMARTS) is 1. The summed E-state index contributed by atoms with van der Waals surface area (Å²) in [4.78, 5) is 26.4. The van der Waals surface area contributed by atoms with Gasteiger partial charge in [-0.2, -0.15) is 11.8 Å². The molecule has 0 radical (unpaired) electrons. The molecule has 1 aliphatic rings. The average Bonchev–Trinajstić information content (AvgIpc) is 2.41.